The number of amides is 1. The summed E-state index contributed by atoms with van der Waals surface area (Å²) in [6, 6.07) is 6.95. The van der Waals surface area contributed by atoms with Crippen LogP contribution in [-0.4, -0.2) is 36.0 Å². The van der Waals surface area contributed by atoms with Crippen LogP contribution < -0.4 is 15.9 Å². The Labute approximate surface area is 178 Å². The second-order valence-electron chi connectivity index (χ2n) is 7.34. The predicted molar refractivity (Wildman–Crippen MR) is 116 cm³/mol. The number of fused-ring (bicyclic) bond motifs is 2. The molecule has 1 aromatic carbocycles. The van der Waals surface area contributed by atoms with Gasteiger partial charge in [-0.25, -0.2) is 5.01 Å². The van der Waals surface area contributed by atoms with Crippen molar-refractivity contribution >= 4 is 30.5 Å². The van der Waals surface area contributed by atoms with E-state index in [2.05, 4.69) is 5.43 Å². The maximum atomic E-state index is 12.0. The molecule has 2 aromatic rings. The number of likely N-dealkylation sites (N-methyl/N-ethyl adjacent to an activating group) is 1. The highest BCUT2D eigenvalue weighted by Crippen LogP contribution is 2.48. The number of ether oxygens (including phenoxy) is 1. The van der Waals surface area contributed by atoms with E-state index in [4.69, 9.17) is 15.0 Å². The zero-order valence-electron chi connectivity index (χ0n) is 16.8. The van der Waals surface area contributed by atoms with E-state index in [0.717, 1.165) is 36.2 Å². The van der Waals surface area contributed by atoms with Crippen LogP contribution in [0.2, 0.25) is 0 Å². The fourth-order valence-electron chi connectivity index (χ4n) is 3.84. The maximum Gasteiger partial charge on any atom is 0.332 e. The van der Waals surface area contributed by atoms with E-state index in [1.165, 1.54) is 16.9 Å². The SMILES string of the molecule is CCOP(=O)(O)Cc1ccc(Oc2sc(C(N)=O)c3c2C2=C(CC3)CN(C)N2)cc1. The van der Waals surface area contributed by atoms with Crippen LogP contribution in [0.25, 0.3) is 5.70 Å². The highest BCUT2D eigenvalue weighted by Gasteiger charge is 2.33. The average Bonchev–Trinajstić information content (AvgIpc) is 3.22. The normalized spacial score (nSPS) is 17.8. The third-order valence-electron chi connectivity index (χ3n) is 5.06. The molecule has 10 heteroatoms. The van der Waals surface area contributed by atoms with Crippen LogP contribution in [0.1, 0.15) is 39.7 Å². The molecule has 0 bridgehead atoms. The Bertz CT molecular complexity index is 1060. The lowest BCUT2D eigenvalue weighted by Crippen LogP contribution is -2.26. The predicted octanol–water partition coefficient (Wildman–Crippen LogP) is 3.47. The Morgan fingerprint density at radius 2 is 2.07 bits per heavy atom. The number of hydrazine groups is 1. The summed E-state index contributed by atoms with van der Waals surface area (Å²) in [6.45, 7) is 2.69. The summed E-state index contributed by atoms with van der Waals surface area (Å²) in [7, 11) is -1.67. The molecular formula is C20H24N3O5PS. The minimum absolute atomic E-state index is 0.0617. The van der Waals surface area contributed by atoms with Crippen molar-refractivity contribution in [3.8, 4) is 10.8 Å². The Balaban J connectivity index is 1.62. The van der Waals surface area contributed by atoms with Crippen molar-refractivity contribution in [2.75, 3.05) is 20.2 Å². The molecule has 2 heterocycles. The Morgan fingerprint density at radius 3 is 2.73 bits per heavy atom. The van der Waals surface area contributed by atoms with Gasteiger partial charge in [0.15, 0.2) is 5.06 Å². The first kappa shape index (κ1) is 21.1. The summed E-state index contributed by atoms with van der Waals surface area (Å²) in [4.78, 5) is 22.3. The second-order valence-corrected chi connectivity index (χ2v) is 10.2. The largest absolute Gasteiger partial charge is 0.446 e. The molecule has 0 saturated heterocycles. The molecule has 160 valence electrons. The molecule has 1 aliphatic carbocycles. The van der Waals surface area contributed by atoms with Crippen molar-refractivity contribution in [2.45, 2.75) is 25.9 Å². The van der Waals surface area contributed by atoms with Gasteiger partial charge in [0.1, 0.15) is 5.75 Å². The molecule has 1 amide bonds. The van der Waals surface area contributed by atoms with E-state index in [1.54, 1.807) is 31.2 Å². The van der Waals surface area contributed by atoms with Crippen molar-refractivity contribution in [1.82, 2.24) is 10.4 Å². The smallest absolute Gasteiger partial charge is 0.332 e. The summed E-state index contributed by atoms with van der Waals surface area (Å²) < 4.78 is 23.0. The molecule has 0 saturated carbocycles. The van der Waals surface area contributed by atoms with Crippen LogP contribution >= 0.6 is 18.9 Å². The molecule has 8 nitrogen and oxygen atoms in total. The summed E-state index contributed by atoms with van der Waals surface area (Å²) >= 11 is 1.26. The number of primary amides is 1. The topological polar surface area (TPSA) is 114 Å². The molecule has 4 N–H and O–H groups in total. The number of hydrogen-bond donors (Lipinski definition) is 3. The van der Waals surface area contributed by atoms with Crippen molar-refractivity contribution in [2.24, 2.45) is 5.73 Å². The quantitative estimate of drug-likeness (QED) is 0.555. The number of hydrogen-bond acceptors (Lipinski definition) is 7. The molecule has 1 unspecified atom stereocenters. The first-order valence-electron chi connectivity index (χ1n) is 9.66. The lowest BCUT2D eigenvalue weighted by atomic mass is 9.91. The number of thiophene rings is 1. The minimum Gasteiger partial charge on any atom is -0.446 e. The fraction of sp³-hybridized carbons (Fsp3) is 0.350. The fourth-order valence-corrected chi connectivity index (χ4v) is 6.09. The first-order chi connectivity index (χ1) is 14.3. The van der Waals surface area contributed by atoms with Crippen LogP contribution in [0, 0.1) is 0 Å². The van der Waals surface area contributed by atoms with Gasteiger partial charge in [-0.1, -0.05) is 23.5 Å². The van der Waals surface area contributed by atoms with Crippen LogP contribution in [0.3, 0.4) is 0 Å². The number of nitrogens with zero attached hydrogens (tertiary/aromatic N) is 1. The molecule has 2 aliphatic rings. The molecule has 1 aromatic heterocycles. The van der Waals surface area contributed by atoms with Gasteiger partial charge in [-0.15, -0.1) is 0 Å². The minimum atomic E-state index is -3.65. The Hall–Kier alpha value is -2.16. The summed E-state index contributed by atoms with van der Waals surface area (Å²) in [6.07, 6.45) is 1.57. The van der Waals surface area contributed by atoms with E-state index in [9.17, 15) is 14.3 Å². The third kappa shape index (κ3) is 4.17. The summed E-state index contributed by atoms with van der Waals surface area (Å²) in [5, 5.41) is 2.62. The molecule has 0 spiro atoms. The standard InChI is InChI=1S/C20H24N3O5PS/c1-3-27-29(25,26)11-12-4-7-14(8-5-12)28-20-16-15(18(30-20)19(21)24)9-6-13-10-23(2)22-17(13)16/h4-5,7-8,22H,3,6,9-11H2,1-2H3,(H2,21,24)(H,25,26). The van der Waals surface area contributed by atoms with Crippen LogP contribution in [-0.2, 0) is 21.7 Å². The Morgan fingerprint density at radius 1 is 1.33 bits per heavy atom. The third-order valence-corrected chi connectivity index (χ3v) is 7.61. The number of benzene rings is 1. The van der Waals surface area contributed by atoms with Gasteiger partial charge >= 0.3 is 7.60 Å². The van der Waals surface area contributed by atoms with Crippen LogP contribution in [0.4, 0.5) is 0 Å². The zero-order chi connectivity index (χ0) is 21.5. The van der Waals surface area contributed by atoms with Gasteiger partial charge in [0, 0.05) is 13.6 Å². The monoisotopic (exact) mass is 449 g/mol. The maximum absolute atomic E-state index is 12.0. The molecule has 0 fully saturated rings. The number of nitrogens with two attached hydrogens (primary N) is 1. The lowest BCUT2D eigenvalue weighted by Gasteiger charge is -2.17. The van der Waals surface area contributed by atoms with Crippen LogP contribution in [0.15, 0.2) is 29.8 Å². The van der Waals surface area contributed by atoms with E-state index in [0.29, 0.717) is 21.3 Å². The highest BCUT2D eigenvalue weighted by molar-refractivity contribution is 7.51. The van der Waals surface area contributed by atoms with Crippen molar-refractivity contribution in [3.63, 3.8) is 0 Å². The van der Waals surface area contributed by atoms with Gasteiger partial charge in [0.2, 0.25) is 0 Å². The van der Waals surface area contributed by atoms with E-state index in [-0.39, 0.29) is 12.8 Å². The number of carbonyl (C=O) groups is 1. The Kier molecular flexibility index (Phi) is 5.74. The molecule has 1 atom stereocenters. The van der Waals surface area contributed by atoms with Gasteiger partial charge in [-0.05, 0) is 48.6 Å². The first-order valence-corrected chi connectivity index (χ1v) is 12.2. The number of rotatable bonds is 7. The van der Waals surface area contributed by atoms with Gasteiger partial charge in [-0.2, -0.15) is 0 Å². The van der Waals surface area contributed by atoms with Gasteiger partial charge in [0.25, 0.3) is 5.91 Å². The number of nitrogens with one attached hydrogen (secondary N) is 1. The number of carbonyl (C=O) groups excluding carboxylic acids is 1. The molecule has 0 radical (unpaired) electrons. The molecule has 30 heavy (non-hydrogen) atoms. The molecule has 1 aliphatic heterocycles. The van der Waals surface area contributed by atoms with Gasteiger partial charge in [-0.3, -0.25) is 9.36 Å². The van der Waals surface area contributed by atoms with E-state index in [1.807, 2.05) is 12.1 Å². The van der Waals surface area contributed by atoms with Gasteiger partial charge in [0.05, 0.1) is 28.9 Å². The van der Waals surface area contributed by atoms with E-state index >= 15 is 0 Å². The van der Waals surface area contributed by atoms with E-state index < -0.39 is 13.5 Å². The summed E-state index contributed by atoms with van der Waals surface area (Å²) in [5.41, 5.74) is 13.8. The molecule has 4 rings (SSSR count). The molecular weight excluding hydrogens is 425 g/mol. The second kappa shape index (κ2) is 8.17. The van der Waals surface area contributed by atoms with Crippen molar-refractivity contribution < 1.29 is 23.5 Å². The van der Waals surface area contributed by atoms with Gasteiger partial charge < -0.3 is 25.3 Å². The average molecular weight is 449 g/mol. The summed E-state index contributed by atoms with van der Waals surface area (Å²) in [5.74, 6) is 0.119. The highest BCUT2D eigenvalue weighted by atomic mass is 32.1. The van der Waals surface area contributed by atoms with Crippen molar-refractivity contribution in [1.29, 1.82) is 0 Å². The van der Waals surface area contributed by atoms with Crippen LogP contribution in [0.5, 0.6) is 10.8 Å². The van der Waals surface area contributed by atoms with Crippen molar-refractivity contribution in [3.05, 3.63) is 51.4 Å². The zero-order valence-corrected chi connectivity index (χ0v) is 18.5. The lowest BCUT2D eigenvalue weighted by molar-refractivity contribution is 0.100.